The quantitative estimate of drug-likeness (QED) is 0.771. The molecule has 0 spiro atoms. The molecule has 98 valence electrons. The predicted octanol–water partition coefficient (Wildman–Crippen LogP) is 1.41. The molecule has 0 amide bonds. The summed E-state index contributed by atoms with van der Waals surface area (Å²) in [5.41, 5.74) is 8.69. The number of aromatic nitrogens is 2. The van der Waals surface area contributed by atoms with Gasteiger partial charge >= 0.3 is 0 Å². The molecule has 19 heavy (non-hydrogen) atoms. The lowest BCUT2D eigenvalue weighted by Gasteiger charge is -2.10. The SMILES string of the molecule is COc1ccc(Nc2nc(N)nc3c2CNC3)cc1. The molecule has 4 N–H and O–H groups in total. The molecule has 0 saturated carbocycles. The summed E-state index contributed by atoms with van der Waals surface area (Å²) < 4.78 is 5.13. The minimum Gasteiger partial charge on any atom is -0.497 e. The van der Waals surface area contributed by atoms with Crippen LogP contribution in [0.1, 0.15) is 11.3 Å². The van der Waals surface area contributed by atoms with Crippen molar-refractivity contribution in [3.05, 3.63) is 35.5 Å². The molecule has 0 saturated heterocycles. The van der Waals surface area contributed by atoms with Crippen LogP contribution in [0.5, 0.6) is 5.75 Å². The Morgan fingerprint density at radius 2 is 2.00 bits per heavy atom. The molecule has 2 aromatic rings. The molecule has 0 radical (unpaired) electrons. The zero-order valence-electron chi connectivity index (χ0n) is 10.6. The first-order chi connectivity index (χ1) is 9.26. The molecule has 6 heteroatoms. The van der Waals surface area contributed by atoms with Crippen molar-refractivity contribution in [2.75, 3.05) is 18.2 Å². The third-order valence-corrected chi connectivity index (χ3v) is 3.06. The first-order valence-electron chi connectivity index (χ1n) is 6.03. The van der Waals surface area contributed by atoms with E-state index in [2.05, 4.69) is 20.6 Å². The topological polar surface area (TPSA) is 85.1 Å². The van der Waals surface area contributed by atoms with Gasteiger partial charge in [-0.3, -0.25) is 0 Å². The molecule has 0 fully saturated rings. The van der Waals surface area contributed by atoms with Gasteiger partial charge in [-0.1, -0.05) is 0 Å². The fraction of sp³-hybridized carbons (Fsp3) is 0.231. The predicted molar refractivity (Wildman–Crippen MR) is 73.3 cm³/mol. The van der Waals surface area contributed by atoms with Crippen LogP contribution in [0, 0.1) is 0 Å². The Hall–Kier alpha value is -2.34. The third kappa shape index (κ3) is 2.30. The van der Waals surface area contributed by atoms with Gasteiger partial charge < -0.3 is 21.1 Å². The highest BCUT2D eigenvalue weighted by molar-refractivity contribution is 5.62. The van der Waals surface area contributed by atoms with Gasteiger partial charge in [0.1, 0.15) is 11.6 Å². The number of fused-ring (bicyclic) bond motifs is 1. The number of nitrogen functional groups attached to an aromatic ring is 1. The monoisotopic (exact) mass is 257 g/mol. The maximum atomic E-state index is 5.72. The van der Waals surface area contributed by atoms with E-state index >= 15 is 0 Å². The number of nitrogens with one attached hydrogen (secondary N) is 2. The normalized spacial score (nSPS) is 13.1. The number of ether oxygens (including phenoxy) is 1. The van der Waals surface area contributed by atoms with Crippen LogP contribution in [-0.2, 0) is 13.1 Å². The van der Waals surface area contributed by atoms with Crippen LogP contribution in [0.15, 0.2) is 24.3 Å². The second kappa shape index (κ2) is 4.74. The van der Waals surface area contributed by atoms with Crippen LogP contribution in [0.4, 0.5) is 17.5 Å². The van der Waals surface area contributed by atoms with Gasteiger partial charge in [-0.2, -0.15) is 4.98 Å². The molecule has 1 aromatic heterocycles. The number of hydrogen-bond donors (Lipinski definition) is 3. The van der Waals surface area contributed by atoms with E-state index in [9.17, 15) is 0 Å². The largest absolute Gasteiger partial charge is 0.497 e. The van der Waals surface area contributed by atoms with Crippen LogP contribution < -0.4 is 21.1 Å². The lowest BCUT2D eigenvalue weighted by molar-refractivity contribution is 0.415. The van der Waals surface area contributed by atoms with Crippen LogP contribution in [0.2, 0.25) is 0 Å². The van der Waals surface area contributed by atoms with E-state index in [4.69, 9.17) is 10.5 Å². The highest BCUT2D eigenvalue weighted by Gasteiger charge is 2.18. The minimum absolute atomic E-state index is 0.290. The molecule has 1 aliphatic rings. The van der Waals surface area contributed by atoms with Crippen LogP contribution >= 0.6 is 0 Å². The fourth-order valence-electron chi connectivity index (χ4n) is 2.10. The second-order valence-electron chi connectivity index (χ2n) is 4.31. The number of anilines is 3. The summed E-state index contributed by atoms with van der Waals surface area (Å²) in [6, 6.07) is 7.66. The number of hydrogen-bond acceptors (Lipinski definition) is 6. The smallest absolute Gasteiger partial charge is 0.222 e. The number of rotatable bonds is 3. The Morgan fingerprint density at radius 1 is 1.21 bits per heavy atom. The van der Waals surface area contributed by atoms with Gasteiger partial charge in [-0.15, -0.1) is 0 Å². The van der Waals surface area contributed by atoms with E-state index in [1.165, 1.54) is 0 Å². The van der Waals surface area contributed by atoms with E-state index in [0.29, 0.717) is 5.95 Å². The standard InChI is InChI=1S/C13H15N5O/c1-19-9-4-2-8(3-5-9)16-12-10-6-15-7-11(10)17-13(14)18-12/h2-5,15H,6-7H2,1H3,(H3,14,16,17,18). The van der Waals surface area contributed by atoms with E-state index < -0.39 is 0 Å². The maximum absolute atomic E-state index is 5.72. The van der Waals surface area contributed by atoms with E-state index in [1.807, 2.05) is 24.3 Å². The van der Waals surface area contributed by atoms with Crippen LogP contribution in [0.25, 0.3) is 0 Å². The third-order valence-electron chi connectivity index (χ3n) is 3.06. The molecule has 2 heterocycles. The van der Waals surface area contributed by atoms with E-state index in [0.717, 1.165) is 41.6 Å². The molecule has 0 atom stereocenters. The number of nitrogens with zero attached hydrogens (tertiary/aromatic N) is 2. The van der Waals surface area contributed by atoms with Crippen molar-refractivity contribution in [2.45, 2.75) is 13.1 Å². The lowest BCUT2D eigenvalue weighted by atomic mass is 10.2. The summed E-state index contributed by atoms with van der Waals surface area (Å²) in [7, 11) is 1.64. The zero-order valence-corrected chi connectivity index (χ0v) is 10.6. The van der Waals surface area contributed by atoms with Gasteiger partial charge in [0.2, 0.25) is 5.95 Å². The van der Waals surface area contributed by atoms with Crippen molar-refractivity contribution >= 4 is 17.5 Å². The molecule has 0 unspecified atom stereocenters. The highest BCUT2D eigenvalue weighted by atomic mass is 16.5. The van der Waals surface area contributed by atoms with E-state index in [-0.39, 0.29) is 0 Å². The molecule has 3 rings (SSSR count). The first kappa shape index (κ1) is 11.7. The molecular weight excluding hydrogens is 242 g/mol. The Balaban J connectivity index is 1.90. The van der Waals surface area contributed by atoms with E-state index in [1.54, 1.807) is 7.11 Å². The second-order valence-corrected chi connectivity index (χ2v) is 4.31. The minimum atomic E-state index is 0.290. The highest BCUT2D eigenvalue weighted by Crippen LogP contribution is 2.26. The summed E-state index contributed by atoms with van der Waals surface area (Å²) in [5.74, 6) is 1.87. The lowest BCUT2D eigenvalue weighted by Crippen LogP contribution is -2.05. The Labute approximate surface area is 111 Å². The number of methoxy groups -OCH3 is 1. The fourth-order valence-corrected chi connectivity index (χ4v) is 2.10. The molecular formula is C13H15N5O. The average Bonchev–Trinajstić information content (AvgIpc) is 2.88. The zero-order chi connectivity index (χ0) is 13.2. The van der Waals surface area contributed by atoms with Crippen LogP contribution in [0.3, 0.4) is 0 Å². The van der Waals surface area contributed by atoms with Gasteiger partial charge in [0.15, 0.2) is 0 Å². The Morgan fingerprint density at radius 3 is 2.74 bits per heavy atom. The van der Waals surface area contributed by atoms with Gasteiger partial charge in [0, 0.05) is 24.3 Å². The van der Waals surface area contributed by atoms with Crippen molar-refractivity contribution in [1.82, 2.24) is 15.3 Å². The van der Waals surface area contributed by atoms with Crippen molar-refractivity contribution in [3.63, 3.8) is 0 Å². The number of benzene rings is 1. The molecule has 1 aromatic carbocycles. The first-order valence-corrected chi connectivity index (χ1v) is 6.03. The summed E-state index contributed by atoms with van der Waals surface area (Å²) in [6.07, 6.45) is 0. The average molecular weight is 257 g/mol. The molecule has 1 aliphatic heterocycles. The molecule has 0 bridgehead atoms. The molecule has 0 aliphatic carbocycles. The summed E-state index contributed by atoms with van der Waals surface area (Å²) in [6.45, 7) is 1.49. The van der Waals surface area contributed by atoms with Crippen LogP contribution in [-0.4, -0.2) is 17.1 Å². The van der Waals surface area contributed by atoms with Gasteiger partial charge in [-0.05, 0) is 24.3 Å². The maximum Gasteiger partial charge on any atom is 0.222 e. The van der Waals surface area contributed by atoms with Crippen molar-refractivity contribution < 1.29 is 4.74 Å². The van der Waals surface area contributed by atoms with Gasteiger partial charge in [0.25, 0.3) is 0 Å². The Kier molecular flexibility index (Phi) is 2.92. The number of nitrogens with two attached hydrogens (primary N) is 1. The summed E-state index contributed by atoms with van der Waals surface area (Å²) in [5, 5.41) is 6.51. The summed E-state index contributed by atoms with van der Waals surface area (Å²) >= 11 is 0. The van der Waals surface area contributed by atoms with Crippen molar-refractivity contribution in [2.24, 2.45) is 0 Å². The van der Waals surface area contributed by atoms with Crippen molar-refractivity contribution in [3.8, 4) is 5.75 Å². The molecule has 6 nitrogen and oxygen atoms in total. The van der Waals surface area contributed by atoms with Gasteiger partial charge in [-0.25, -0.2) is 4.98 Å². The van der Waals surface area contributed by atoms with Crippen molar-refractivity contribution in [1.29, 1.82) is 0 Å². The Bertz CT molecular complexity index is 597. The summed E-state index contributed by atoms with van der Waals surface area (Å²) in [4.78, 5) is 8.49. The van der Waals surface area contributed by atoms with Gasteiger partial charge in [0.05, 0.1) is 12.8 Å².